The molecule has 0 bridgehead atoms. The van der Waals surface area contributed by atoms with Crippen molar-refractivity contribution in [2.75, 3.05) is 6.61 Å². The zero-order valence-electron chi connectivity index (χ0n) is 15.8. The van der Waals surface area contributed by atoms with Gasteiger partial charge in [-0.2, -0.15) is 8.78 Å². The molecule has 0 spiro atoms. The third kappa shape index (κ3) is 5.74. The van der Waals surface area contributed by atoms with Crippen LogP contribution in [-0.4, -0.2) is 28.6 Å². The zero-order valence-corrected chi connectivity index (χ0v) is 18.9. The van der Waals surface area contributed by atoms with Gasteiger partial charge in [0.1, 0.15) is 12.4 Å². The Kier molecular flexibility index (Phi) is 7.41. The third-order valence-electron chi connectivity index (χ3n) is 4.37. The second kappa shape index (κ2) is 9.06. The lowest BCUT2D eigenvalue weighted by Gasteiger charge is -2.27. The van der Waals surface area contributed by atoms with Crippen molar-refractivity contribution in [1.82, 2.24) is 0 Å². The summed E-state index contributed by atoms with van der Waals surface area (Å²) in [6, 6.07) is 9.34. The molecule has 1 N–H and O–H groups in total. The second-order valence-corrected chi connectivity index (χ2v) is 8.79. The Balaban J connectivity index is 2.20. The molecular formula is C20H19BrCl2F2O4. The van der Waals surface area contributed by atoms with Gasteiger partial charge in [0.2, 0.25) is 0 Å². The quantitative estimate of drug-likeness (QED) is 0.349. The van der Waals surface area contributed by atoms with Crippen molar-refractivity contribution in [3.63, 3.8) is 0 Å². The van der Waals surface area contributed by atoms with Gasteiger partial charge in [-0.15, -0.1) is 0 Å². The van der Waals surface area contributed by atoms with Crippen molar-refractivity contribution in [3.05, 3.63) is 57.6 Å². The van der Waals surface area contributed by atoms with Crippen molar-refractivity contribution in [3.8, 4) is 11.5 Å². The van der Waals surface area contributed by atoms with Gasteiger partial charge >= 0.3 is 12.1 Å². The topological polar surface area (TPSA) is 55.8 Å². The molecule has 9 heteroatoms. The largest absolute Gasteiger partial charge is 0.505 e. The first kappa shape index (κ1) is 23.7. The minimum absolute atomic E-state index is 0.0522. The Morgan fingerprint density at radius 2 is 1.66 bits per heavy atom. The fraction of sp³-hybridized carbons (Fsp3) is 0.350. The minimum atomic E-state index is -3.59. The zero-order chi connectivity index (χ0) is 22.0. The number of phenols is 1. The van der Waals surface area contributed by atoms with E-state index in [9.17, 15) is 18.7 Å². The van der Waals surface area contributed by atoms with E-state index < -0.39 is 28.9 Å². The Labute approximate surface area is 185 Å². The lowest BCUT2D eigenvalue weighted by Crippen LogP contribution is -2.38. The summed E-state index contributed by atoms with van der Waals surface area (Å²) >= 11 is 14.8. The molecule has 0 saturated carbocycles. The smallest absolute Gasteiger partial charge is 0.414 e. The van der Waals surface area contributed by atoms with E-state index in [4.69, 9.17) is 27.9 Å². The molecule has 0 radical (unpaired) electrons. The standard InChI is InChI=1S/C20H19BrCl2F2O4/c1-11(26)28-10-17(21)20(24,25)29-14-6-4-12(5-7-14)19(2,3)13-8-15(22)18(27)16(23)9-13/h4-9,17,27H,10H2,1-3H3. The summed E-state index contributed by atoms with van der Waals surface area (Å²) < 4.78 is 37.7. The maximum atomic E-state index is 14.2. The van der Waals surface area contributed by atoms with Crippen molar-refractivity contribution < 1.29 is 28.2 Å². The summed E-state index contributed by atoms with van der Waals surface area (Å²) in [4.78, 5) is 9.28. The molecule has 0 aromatic heterocycles. The van der Waals surface area contributed by atoms with E-state index in [2.05, 4.69) is 20.7 Å². The summed E-state index contributed by atoms with van der Waals surface area (Å²) in [7, 11) is 0. The summed E-state index contributed by atoms with van der Waals surface area (Å²) in [6.07, 6.45) is -3.59. The van der Waals surface area contributed by atoms with E-state index in [1.54, 1.807) is 24.3 Å². The molecule has 1 unspecified atom stereocenters. The third-order valence-corrected chi connectivity index (χ3v) is 5.74. The number of phenolic OH excluding ortho intramolecular Hbond substituents is 1. The average molecular weight is 512 g/mol. The van der Waals surface area contributed by atoms with Crippen LogP contribution in [0.3, 0.4) is 0 Å². The summed E-state index contributed by atoms with van der Waals surface area (Å²) in [5.41, 5.74) is 0.961. The molecular weight excluding hydrogens is 493 g/mol. The molecule has 29 heavy (non-hydrogen) atoms. The van der Waals surface area contributed by atoms with Gasteiger partial charge in [0, 0.05) is 12.3 Å². The second-order valence-electron chi connectivity index (χ2n) is 6.87. The molecule has 1 atom stereocenters. The Bertz CT molecular complexity index is 866. The van der Waals surface area contributed by atoms with E-state index in [1.807, 2.05) is 13.8 Å². The van der Waals surface area contributed by atoms with Gasteiger partial charge in [-0.1, -0.05) is 65.1 Å². The van der Waals surface area contributed by atoms with Gasteiger partial charge < -0.3 is 14.6 Å². The van der Waals surface area contributed by atoms with Crippen molar-refractivity contribution in [1.29, 1.82) is 0 Å². The molecule has 158 valence electrons. The maximum absolute atomic E-state index is 14.2. The summed E-state index contributed by atoms with van der Waals surface area (Å²) in [6.45, 7) is 4.41. The number of carbonyl (C=O) groups is 1. The van der Waals surface area contributed by atoms with Crippen LogP contribution in [0.15, 0.2) is 36.4 Å². The highest BCUT2D eigenvalue weighted by atomic mass is 79.9. The molecule has 0 saturated heterocycles. The number of halogens is 5. The normalized spacial score (nSPS) is 13.1. The molecule has 2 rings (SSSR count). The fourth-order valence-corrected chi connectivity index (χ4v) is 3.25. The highest BCUT2D eigenvalue weighted by Gasteiger charge is 2.41. The van der Waals surface area contributed by atoms with Crippen LogP contribution >= 0.6 is 39.1 Å². The van der Waals surface area contributed by atoms with Gasteiger partial charge in [0.25, 0.3) is 0 Å². The molecule has 4 nitrogen and oxygen atoms in total. The van der Waals surface area contributed by atoms with Gasteiger partial charge in [-0.05, 0) is 35.4 Å². The van der Waals surface area contributed by atoms with Crippen molar-refractivity contribution in [2.24, 2.45) is 0 Å². The number of carbonyl (C=O) groups excluding carboxylic acids is 1. The van der Waals surface area contributed by atoms with Crippen molar-refractivity contribution >= 4 is 45.1 Å². The highest BCUT2D eigenvalue weighted by molar-refractivity contribution is 9.09. The predicted molar refractivity (Wildman–Crippen MR) is 112 cm³/mol. The van der Waals surface area contributed by atoms with E-state index in [1.165, 1.54) is 12.1 Å². The number of aromatic hydroxyl groups is 1. The van der Waals surface area contributed by atoms with Crippen LogP contribution in [0.25, 0.3) is 0 Å². The van der Waals surface area contributed by atoms with Crippen LogP contribution in [0.2, 0.25) is 10.0 Å². The minimum Gasteiger partial charge on any atom is -0.505 e. The molecule has 0 fully saturated rings. The number of hydrogen-bond donors (Lipinski definition) is 1. The van der Waals surface area contributed by atoms with Gasteiger partial charge in [0.05, 0.1) is 10.0 Å². The van der Waals surface area contributed by atoms with E-state index in [-0.39, 0.29) is 21.5 Å². The lowest BCUT2D eigenvalue weighted by molar-refractivity contribution is -0.182. The van der Waals surface area contributed by atoms with Crippen LogP contribution in [0.4, 0.5) is 8.78 Å². The highest BCUT2D eigenvalue weighted by Crippen LogP contribution is 2.40. The van der Waals surface area contributed by atoms with E-state index >= 15 is 0 Å². The van der Waals surface area contributed by atoms with Crippen LogP contribution in [0.1, 0.15) is 31.9 Å². The first-order valence-electron chi connectivity index (χ1n) is 8.48. The number of benzene rings is 2. The molecule has 0 aliphatic heterocycles. The molecule has 0 amide bonds. The number of hydrogen-bond acceptors (Lipinski definition) is 4. The number of alkyl halides is 3. The number of ether oxygens (including phenoxy) is 2. The Hall–Kier alpha value is -1.57. The molecule has 0 heterocycles. The van der Waals surface area contributed by atoms with Crippen LogP contribution in [-0.2, 0) is 14.9 Å². The number of esters is 1. The van der Waals surface area contributed by atoms with Gasteiger partial charge in [-0.3, -0.25) is 4.79 Å². The van der Waals surface area contributed by atoms with E-state index in [0.717, 1.165) is 18.1 Å². The fourth-order valence-electron chi connectivity index (χ4n) is 2.54. The first-order valence-corrected chi connectivity index (χ1v) is 10.1. The van der Waals surface area contributed by atoms with Crippen LogP contribution < -0.4 is 4.74 Å². The predicted octanol–water partition coefficient (Wildman–Crippen LogP) is 6.32. The Morgan fingerprint density at radius 3 is 2.14 bits per heavy atom. The molecule has 2 aromatic carbocycles. The van der Waals surface area contributed by atoms with Gasteiger partial charge in [-0.25, -0.2) is 0 Å². The molecule has 0 aliphatic carbocycles. The van der Waals surface area contributed by atoms with Crippen molar-refractivity contribution in [2.45, 2.75) is 37.1 Å². The average Bonchev–Trinajstić information content (AvgIpc) is 2.63. The maximum Gasteiger partial charge on any atom is 0.414 e. The summed E-state index contributed by atoms with van der Waals surface area (Å²) in [5.74, 6) is -0.910. The van der Waals surface area contributed by atoms with E-state index in [0.29, 0.717) is 0 Å². The van der Waals surface area contributed by atoms with Crippen LogP contribution in [0, 0.1) is 0 Å². The molecule has 0 aliphatic rings. The number of rotatable bonds is 7. The summed E-state index contributed by atoms with van der Waals surface area (Å²) in [5, 5.41) is 9.99. The van der Waals surface area contributed by atoms with Crippen LogP contribution in [0.5, 0.6) is 11.5 Å². The monoisotopic (exact) mass is 510 g/mol. The SMILES string of the molecule is CC(=O)OCC(Br)C(F)(F)Oc1ccc(C(C)(C)c2cc(Cl)c(O)c(Cl)c2)cc1. The first-order chi connectivity index (χ1) is 13.3. The molecule has 2 aromatic rings. The lowest BCUT2D eigenvalue weighted by atomic mass is 9.78. The Morgan fingerprint density at radius 1 is 1.14 bits per heavy atom. The van der Waals surface area contributed by atoms with Gasteiger partial charge in [0.15, 0.2) is 10.6 Å².